The van der Waals surface area contributed by atoms with Crippen LogP contribution in [0.4, 0.5) is 0 Å². The van der Waals surface area contributed by atoms with E-state index in [-0.39, 0.29) is 12.3 Å². The molecule has 2 fully saturated rings. The van der Waals surface area contributed by atoms with Crippen molar-refractivity contribution in [2.45, 2.75) is 44.6 Å². The van der Waals surface area contributed by atoms with E-state index in [4.69, 9.17) is 5.26 Å². The zero-order valence-corrected chi connectivity index (χ0v) is 8.41. The molecule has 0 aromatic heterocycles. The van der Waals surface area contributed by atoms with Gasteiger partial charge in [-0.2, -0.15) is 5.26 Å². The molecule has 2 atom stereocenters. The maximum Gasteiger partial charge on any atom is 0.237 e. The summed E-state index contributed by atoms with van der Waals surface area (Å²) in [5.41, 5.74) is 0. The highest BCUT2D eigenvalue weighted by molar-refractivity contribution is 5.78. The van der Waals surface area contributed by atoms with E-state index in [0.29, 0.717) is 6.04 Å². The van der Waals surface area contributed by atoms with Crippen molar-refractivity contribution in [3.63, 3.8) is 0 Å². The zero-order valence-electron chi connectivity index (χ0n) is 8.41. The molecule has 0 aromatic rings. The first-order valence-electron chi connectivity index (χ1n) is 5.49. The number of rotatable bonds is 1. The highest BCUT2D eigenvalue weighted by Gasteiger charge is 2.37. The van der Waals surface area contributed by atoms with E-state index in [9.17, 15) is 4.79 Å². The van der Waals surface area contributed by atoms with Gasteiger partial charge in [0.05, 0.1) is 6.07 Å². The predicted molar refractivity (Wildman–Crippen MR) is 52.3 cm³/mol. The third-order valence-electron chi connectivity index (χ3n) is 3.56. The SMILES string of the molecule is N#CCC(=O)N1CC[C@@H]2CCCC[C@@H]21. The maximum absolute atomic E-state index is 11.6. The summed E-state index contributed by atoms with van der Waals surface area (Å²) < 4.78 is 0. The van der Waals surface area contributed by atoms with E-state index >= 15 is 0 Å². The van der Waals surface area contributed by atoms with Crippen LogP contribution < -0.4 is 0 Å². The van der Waals surface area contributed by atoms with Crippen molar-refractivity contribution in [3.05, 3.63) is 0 Å². The third-order valence-corrected chi connectivity index (χ3v) is 3.56. The molecule has 1 saturated carbocycles. The summed E-state index contributed by atoms with van der Waals surface area (Å²) in [5.74, 6) is 0.772. The van der Waals surface area contributed by atoms with Gasteiger partial charge in [0.25, 0.3) is 0 Å². The van der Waals surface area contributed by atoms with Crippen LogP contribution in [0.15, 0.2) is 0 Å². The normalized spacial score (nSPS) is 30.9. The average Bonchev–Trinajstić information content (AvgIpc) is 2.61. The van der Waals surface area contributed by atoms with Gasteiger partial charge in [-0.1, -0.05) is 12.8 Å². The van der Waals surface area contributed by atoms with Gasteiger partial charge < -0.3 is 4.90 Å². The minimum Gasteiger partial charge on any atom is -0.339 e. The topological polar surface area (TPSA) is 44.1 Å². The molecular formula is C11H16N2O. The second-order valence-corrected chi connectivity index (χ2v) is 4.32. The molecule has 0 spiro atoms. The highest BCUT2D eigenvalue weighted by atomic mass is 16.2. The summed E-state index contributed by atoms with van der Waals surface area (Å²) in [7, 11) is 0. The van der Waals surface area contributed by atoms with Crippen LogP contribution in [0.2, 0.25) is 0 Å². The number of carbonyl (C=O) groups excluding carboxylic acids is 1. The Morgan fingerprint density at radius 2 is 2.14 bits per heavy atom. The van der Waals surface area contributed by atoms with E-state index in [2.05, 4.69) is 0 Å². The second-order valence-electron chi connectivity index (χ2n) is 4.32. The van der Waals surface area contributed by atoms with E-state index in [1.54, 1.807) is 0 Å². The maximum atomic E-state index is 11.6. The molecule has 3 heteroatoms. The smallest absolute Gasteiger partial charge is 0.237 e. The lowest BCUT2D eigenvalue weighted by Crippen LogP contribution is -2.38. The van der Waals surface area contributed by atoms with Crippen LogP contribution in [0.5, 0.6) is 0 Å². The van der Waals surface area contributed by atoms with Crippen molar-refractivity contribution in [3.8, 4) is 6.07 Å². The predicted octanol–water partition coefficient (Wildman–Crippen LogP) is 1.69. The first-order valence-corrected chi connectivity index (χ1v) is 5.49. The number of fused-ring (bicyclic) bond motifs is 1. The molecule has 0 radical (unpaired) electrons. The van der Waals surface area contributed by atoms with E-state index in [1.807, 2.05) is 11.0 Å². The molecule has 2 rings (SSSR count). The molecule has 0 unspecified atom stereocenters. The van der Waals surface area contributed by atoms with E-state index in [0.717, 1.165) is 25.3 Å². The second kappa shape index (κ2) is 4.00. The zero-order chi connectivity index (χ0) is 9.97. The molecule has 0 N–H and O–H groups in total. The number of amides is 1. The Morgan fingerprint density at radius 1 is 1.36 bits per heavy atom. The fourth-order valence-corrected chi connectivity index (χ4v) is 2.88. The van der Waals surface area contributed by atoms with Crippen molar-refractivity contribution < 1.29 is 4.79 Å². The lowest BCUT2D eigenvalue weighted by molar-refractivity contribution is -0.131. The molecule has 1 aliphatic heterocycles. The fourth-order valence-electron chi connectivity index (χ4n) is 2.88. The highest BCUT2D eigenvalue weighted by Crippen LogP contribution is 2.36. The summed E-state index contributed by atoms with van der Waals surface area (Å²) in [6.07, 6.45) is 6.22. The molecule has 1 amide bonds. The Labute approximate surface area is 84.7 Å². The number of hydrogen-bond acceptors (Lipinski definition) is 2. The Balaban J connectivity index is 2.00. The van der Waals surface area contributed by atoms with Crippen LogP contribution >= 0.6 is 0 Å². The lowest BCUT2D eigenvalue weighted by atomic mass is 9.85. The summed E-state index contributed by atoms with van der Waals surface area (Å²) in [6.45, 7) is 0.885. The Hall–Kier alpha value is -1.04. The lowest BCUT2D eigenvalue weighted by Gasteiger charge is -2.31. The Kier molecular flexibility index (Phi) is 2.72. The van der Waals surface area contributed by atoms with Crippen molar-refractivity contribution >= 4 is 5.91 Å². The number of hydrogen-bond donors (Lipinski definition) is 0. The van der Waals surface area contributed by atoms with Gasteiger partial charge in [-0.25, -0.2) is 0 Å². The molecule has 2 aliphatic rings. The largest absolute Gasteiger partial charge is 0.339 e. The van der Waals surface area contributed by atoms with Crippen LogP contribution in [0.1, 0.15) is 38.5 Å². The standard InChI is InChI=1S/C11H16N2O/c12-7-5-11(14)13-8-6-9-3-1-2-4-10(9)13/h9-10H,1-6,8H2/t9-,10-/m0/s1. The molecular weight excluding hydrogens is 176 g/mol. The minimum absolute atomic E-state index is 0.0434. The monoisotopic (exact) mass is 192 g/mol. The van der Waals surface area contributed by atoms with Crippen molar-refractivity contribution in [1.29, 1.82) is 5.26 Å². The summed E-state index contributed by atoms with van der Waals surface area (Å²) in [4.78, 5) is 13.6. The van der Waals surface area contributed by atoms with Crippen LogP contribution in [0.25, 0.3) is 0 Å². The molecule has 0 aromatic carbocycles. The van der Waals surface area contributed by atoms with Gasteiger partial charge >= 0.3 is 0 Å². The first-order chi connectivity index (χ1) is 6.83. The van der Waals surface area contributed by atoms with Gasteiger partial charge in [-0.15, -0.1) is 0 Å². The van der Waals surface area contributed by atoms with Gasteiger partial charge in [-0.05, 0) is 25.2 Å². The van der Waals surface area contributed by atoms with Gasteiger partial charge in [0.2, 0.25) is 5.91 Å². The quantitative estimate of drug-likeness (QED) is 0.634. The molecule has 76 valence electrons. The van der Waals surface area contributed by atoms with E-state index < -0.39 is 0 Å². The molecule has 3 nitrogen and oxygen atoms in total. The number of nitrogens with zero attached hydrogens (tertiary/aromatic N) is 2. The average molecular weight is 192 g/mol. The fraction of sp³-hybridized carbons (Fsp3) is 0.818. The van der Waals surface area contributed by atoms with Gasteiger partial charge in [-0.3, -0.25) is 4.79 Å². The number of nitriles is 1. The molecule has 1 heterocycles. The molecule has 14 heavy (non-hydrogen) atoms. The Morgan fingerprint density at radius 3 is 2.93 bits per heavy atom. The molecule has 1 saturated heterocycles. The summed E-state index contributed by atoms with van der Waals surface area (Å²) in [6, 6.07) is 2.41. The van der Waals surface area contributed by atoms with Crippen LogP contribution in [0.3, 0.4) is 0 Å². The van der Waals surface area contributed by atoms with Crippen LogP contribution in [-0.4, -0.2) is 23.4 Å². The van der Waals surface area contributed by atoms with Crippen LogP contribution in [0, 0.1) is 17.2 Å². The van der Waals surface area contributed by atoms with E-state index in [1.165, 1.54) is 19.3 Å². The molecule has 0 bridgehead atoms. The van der Waals surface area contributed by atoms with Crippen molar-refractivity contribution in [2.24, 2.45) is 5.92 Å². The third kappa shape index (κ3) is 1.61. The van der Waals surface area contributed by atoms with Crippen molar-refractivity contribution in [2.75, 3.05) is 6.54 Å². The van der Waals surface area contributed by atoms with Gasteiger partial charge in [0.1, 0.15) is 6.42 Å². The van der Waals surface area contributed by atoms with Crippen LogP contribution in [-0.2, 0) is 4.79 Å². The number of carbonyl (C=O) groups is 1. The molecule has 1 aliphatic carbocycles. The van der Waals surface area contributed by atoms with Gasteiger partial charge in [0, 0.05) is 12.6 Å². The van der Waals surface area contributed by atoms with Crippen molar-refractivity contribution in [1.82, 2.24) is 4.90 Å². The summed E-state index contributed by atoms with van der Waals surface area (Å²) in [5, 5.41) is 8.50. The van der Waals surface area contributed by atoms with Gasteiger partial charge in [0.15, 0.2) is 0 Å². The summed E-state index contributed by atoms with van der Waals surface area (Å²) >= 11 is 0. The Bertz CT molecular complexity index is 269. The number of likely N-dealkylation sites (tertiary alicyclic amines) is 1. The minimum atomic E-state index is 0.0434. The first kappa shape index (κ1) is 9.51.